The molecular formula is C36H41N6NaO11S3. The van der Waals surface area contributed by atoms with E-state index < -0.39 is 37.4 Å². The number of thiophene rings is 2. The number of rotatable bonds is 7. The van der Waals surface area contributed by atoms with Gasteiger partial charge >= 0.3 is 46.8 Å². The van der Waals surface area contributed by atoms with Gasteiger partial charge < -0.3 is 25.0 Å². The summed E-state index contributed by atoms with van der Waals surface area (Å²) in [4.78, 5) is 64.3. The van der Waals surface area contributed by atoms with Crippen molar-refractivity contribution in [2.24, 2.45) is 10.3 Å². The van der Waals surface area contributed by atoms with Gasteiger partial charge in [0.25, 0.3) is 11.1 Å². The van der Waals surface area contributed by atoms with Gasteiger partial charge in [0.2, 0.25) is 26.4 Å². The molecule has 0 aromatic carbocycles. The van der Waals surface area contributed by atoms with Crippen molar-refractivity contribution in [3.63, 3.8) is 0 Å². The Hall–Kier alpha value is -4.57. The minimum Gasteiger partial charge on any atom is -1.00 e. The van der Waals surface area contributed by atoms with E-state index in [0.29, 0.717) is 41.5 Å². The normalized spacial score (nSPS) is 14.0. The average molecular weight is 853 g/mol. The van der Waals surface area contributed by atoms with E-state index >= 15 is 0 Å². The first-order valence-electron chi connectivity index (χ1n) is 17.1. The van der Waals surface area contributed by atoms with E-state index in [4.69, 9.17) is 23.6 Å². The van der Waals surface area contributed by atoms with Crippen LogP contribution in [0.15, 0.2) is 89.3 Å². The summed E-state index contributed by atoms with van der Waals surface area (Å²) in [6.07, 6.45) is 4.93. The third kappa shape index (κ3) is 13.2. The molecule has 0 aliphatic carbocycles. The maximum Gasteiger partial charge on any atom is 1.00 e. The number of aromatic amines is 2. The summed E-state index contributed by atoms with van der Waals surface area (Å²) in [5, 5.41) is 22.8. The molecule has 1 atom stereocenters. The molecule has 0 spiro atoms. The molecule has 300 valence electrons. The second-order valence-corrected chi connectivity index (χ2v) is 15.6. The topological polar surface area (TPSA) is 249 Å². The fourth-order valence-electron chi connectivity index (χ4n) is 4.94. The first-order valence-corrected chi connectivity index (χ1v) is 20.8. The summed E-state index contributed by atoms with van der Waals surface area (Å²) in [5.41, 5.74) is 1.63. The van der Waals surface area contributed by atoms with Crippen molar-refractivity contribution < 1.29 is 63.0 Å². The van der Waals surface area contributed by atoms with E-state index in [1.807, 2.05) is 40.6 Å². The Morgan fingerprint density at radius 2 is 1.44 bits per heavy atom. The van der Waals surface area contributed by atoms with E-state index in [1.165, 1.54) is 25.0 Å². The molecule has 3 N–H and O–H groups in total. The maximum absolute atomic E-state index is 12.2. The van der Waals surface area contributed by atoms with E-state index in [-0.39, 0.29) is 59.2 Å². The SMILES string of the molecule is C/C(=N/O)c1ccsc1.CC1CCCO1.CCc1cc(=O)oc2nc(O/N=C(/C)c3ccsc3)[nH]c(=O)c12.CCc1cc(=O)oc2nc(S(C)(=O)=O)[nH]c(=O)c12.[H-].[Na+]. The Morgan fingerprint density at radius 1 is 0.912 bits per heavy atom. The molecule has 0 amide bonds. The molecule has 1 aliphatic heterocycles. The van der Waals surface area contributed by atoms with Crippen molar-refractivity contribution in [3.05, 3.63) is 110 Å². The Bertz CT molecular complexity index is 2670. The molecule has 0 radical (unpaired) electrons. The summed E-state index contributed by atoms with van der Waals surface area (Å²) >= 11 is 3.13. The monoisotopic (exact) mass is 852 g/mol. The van der Waals surface area contributed by atoms with Gasteiger partial charge in [0.15, 0.2) is 0 Å². The van der Waals surface area contributed by atoms with Crippen LogP contribution < -0.4 is 56.8 Å². The Labute approximate surface area is 357 Å². The number of nitrogens with zero attached hydrogens (tertiary/aromatic N) is 4. The van der Waals surface area contributed by atoms with Crippen molar-refractivity contribution in [3.8, 4) is 6.01 Å². The summed E-state index contributed by atoms with van der Waals surface area (Å²) in [6, 6.07) is 6.17. The van der Waals surface area contributed by atoms with Gasteiger partial charge in [-0.15, -0.1) is 0 Å². The Balaban J connectivity index is 0.000000293. The van der Waals surface area contributed by atoms with E-state index in [9.17, 15) is 27.6 Å². The van der Waals surface area contributed by atoms with Crippen molar-refractivity contribution >= 4 is 66.1 Å². The van der Waals surface area contributed by atoms with Crippen LogP contribution in [-0.2, 0) is 27.4 Å². The van der Waals surface area contributed by atoms with E-state index in [0.717, 1.165) is 24.0 Å². The number of sulfone groups is 1. The molecule has 0 saturated carbocycles. The van der Waals surface area contributed by atoms with Crippen LogP contribution in [0.25, 0.3) is 22.2 Å². The fourth-order valence-corrected chi connectivity index (χ4v) is 6.86. The summed E-state index contributed by atoms with van der Waals surface area (Å²) in [5.74, 6) is 0. The van der Waals surface area contributed by atoms with Crippen LogP contribution in [0.2, 0.25) is 0 Å². The number of aryl methyl sites for hydroxylation is 2. The molecule has 6 aromatic heterocycles. The quantitative estimate of drug-likeness (QED) is 0.0687. The van der Waals surface area contributed by atoms with Crippen LogP contribution in [0, 0.1) is 0 Å². The number of H-pyrrole nitrogens is 2. The number of oxime groups is 2. The predicted octanol–water partition coefficient (Wildman–Crippen LogP) is 2.39. The zero-order chi connectivity index (χ0) is 41.0. The summed E-state index contributed by atoms with van der Waals surface area (Å²) in [7, 11) is -3.68. The van der Waals surface area contributed by atoms with E-state index in [2.05, 4.69) is 37.2 Å². The number of aromatic nitrogens is 4. The van der Waals surface area contributed by atoms with Gasteiger partial charge in [-0.2, -0.15) is 32.6 Å². The Morgan fingerprint density at radius 3 is 1.86 bits per heavy atom. The molecule has 1 fully saturated rings. The zero-order valence-corrected chi connectivity index (χ0v) is 36.7. The standard InChI is InChI=1S/C15H13N3O4S.C10H10N2O5S.C6H7NOS.C5H10O.Na.H/c1-3-9-6-11(19)21-14-12(9)13(20)16-15(17-14)22-18-8(2)10-4-5-23-7-10;1-3-5-4-6(13)17-9-7(5)8(14)11-10(12-9)18(2,15)16;1-5(7-8)6-2-3-9-4-6;1-5-3-2-4-6-5;;/h4-7H,3H2,1-2H3,(H,16,17,20);4H,3H2,1-2H3,(H,11,12,14);2-4,8H,1H3;5H,2-4H2,1H3;;/q;;;;+1;-1/b18-8-;;7-5-;;;. The molecule has 7 rings (SSSR count). The van der Waals surface area contributed by atoms with Gasteiger partial charge in [-0.1, -0.05) is 24.2 Å². The third-order valence-corrected chi connectivity index (χ3v) is 10.2. The van der Waals surface area contributed by atoms with Crippen molar-refractivity contribution in [1.82, 2.24) is 19.9 Å². The third-order valence-electron chi connectivity index (χ3n) is 7.92. The van der Waals surface area contributed by atoms with E-state index in [1.54, 1.807) is 43.4 Å². The van der Waals surface area contributed by atoms with Crippen LogP contribution >= 0.6 is 22.7 Å². The molecule has 21 heteroatoms. The van der Waals surface area contributed by atoms with Gasteiger partial charge in [0.05, 0.1) is 17.5 Å². The molecule has 0 bridgehead atoms. The van der Waals surface area contributed by atoms with Crippen molar-refractivity contribution in [2.45, 2.75) is 71.6 Å². The molecule has 6 aromatic rings. The summed E-state index contributed by atoms with van der Waals surface area (Å²) in [6.45, 7) is 10.2. The van der Waals surface area contributed by atoms with Crippen molar-refractivity contribution in [1.29, 1.82) is 0 Å². The van der Waals surface area contributed by atoms with Gasteiger partial charge in [-0.25, -0.2) is 18.0 Å². The minimum absolute atomic E-state index is 0. The number of fused-ring (bicyclic) bond motifs is 2. The van der Waals surface area contributed by atoms with Gasteiger partial charge in [0, 0.05) is 36.1 Å². The average Bonchev–Trinajstić information content (AvgIpc) is 3.98. The largest absolute Gasteiger partial charge is 1.00 e. The van der Waals surface area contributed by atoms with Gasteiger partial charge in [-0.3, -0.25) is 19.6 Å². The van der Waals surface area contributed by atoms with Crippen LogP contribution in [0.5, 0.6) is 6.01 Å². The maximum atomic E-state index is 12.2. The minimum atomic E-state index is -3.68. The first-order chi connectivity index (χ1) is 26.6. The van der Waals surface area contributed by atoms with Crippen LogP contribution in [0.4, 0.5) is 0 Å². The first kappa shape index (κ1) is 46.8. The second-order valence-electron chi connectivity index (χ2n) is 12.1. The Kier molecular flexibility index (Phi) is 17.9. The van der Waals surface area contributed by atoms with Crippen molar-refractivity contribution in [2.75, 3.05) is 12.9 Å². The zero-order valence-electron chi connectivity index (χ0n) is 33.3. The number of hydrogen-bond acceptors (Lipinski definition) is 17. The van der Waals surface area contributed by atoms with Gasteiger partial charge in [-0.05, 0) is 91.2 Å². The molecule has 1 unspecified atom stereocenters. The fraction of sp³-hybridized carbons (Fsp3) is 0.333. The second kappa shape index (κ2) is 21.8. The molecule has 7 heterocycles. The molecule has 17 nitrogen and oxygen atoms in total. The molecular weight excluding hydrogens is 812 g/mol. The van der Waals surface area contributed by atoms with Crippen LogP contribution in [-0.4, -0.2) is 64.0 Å². The number of hydrogen-bond donors (Lipinski definition) is 3. The summed E-state index contributed by atoms with van der Waals surface area (Å²) < 4.78 is 37.5. The molecule has 1 saturated heterocycles. The molecule has 57 heavy (non-hydrogen) atoms. The van der Waals surface area contributed by atoms with Gasteiger partial charge in [0.1, 0.15) is 10.8 Å². The number of nitrogens with one attached hydrogen (secondary N) is 2. The smallest absolute Gasteiger partial charge is 1.00 e. The predicted molar refractivity (Wildman–Crippen MR) is 215 cm³/mol. The van der Waals surface area contributed by atoms with Crippen LogP contribution in [0.3, 0.4) is 0 Å². The van der Waals surface area contributed by atoms with Crippen LogP contribution in [0.1, 0.15) is 71.1 Å². The number of ether oxygens (including phenoxy) is 1. The molecule has 1 aliphatic rings.